The van der Waals surface area contributed by atoms with Crippen molar-refractivity contribution in [2.45, 2.75) is 19.4 Å². The Hall–Kier alpha value is -0.430. The summed E-state index contributed by atoms with van der Waals surface area (Å²) in [6, 6.07) is 4.58. The first-order chi connectivity index (χ1) is 9.07. The lowest BCUT2D eigenvalue weighted by atomic mass is 10.3. The summed E-state index contributed by atoms with van der Waals surface area (Å²) in [5.41, 5.74) is 0. The lowest BCUT2D eigenvalue weighted by molar-refractivity contribution is 0.290. The summed E-state index contributed by atoms with van der Waals surface area (Å²) in [7, 11) is -2.79. The Bertz CT molecular complexity index is 471. The molecule has 0 radical (unpaired) electrons. The molecule has 108 valence electrons. The standard InChI is InChI=1S/C13H22N2O2S2/c1-12(13-4-2-9-18-13)14-5-7-15-6-3-10-19(16,17)11-8-15/h2,4,9,12,14H,3,5-8,10-11H2,1H3. The van der Waals surface area contributed by atoms with Crippen LogP contribution in [0.1, 0.15) is 24.3 Å². The lowest BCUT2D eigenvalue weighted by Gasteiger charge is -2.20. The average Bonchev–Trinajstić information content (AvgIpc) is 2.83. The van der Waals surface area contributed by atoms with Crippen LogP contribution in [0.4, 0.5) is 0 Å². The van der Waals surface area contributed by atoms with Crippen molar-refractivity contribution in [3.63, 3.8) is 0 Å². The van der Waals surface area contributed by atoms with E-state index in [0.717, 1.165) is 26.1 Å². The van der Waals surface area contributed by atoms with E-state index in [9.17, 15) is 8.42 Å². The van der Waals surface area contributed by atoms with Crippen LogP contribution in [0.2, 0.25) is 0 Å². The van der Waals surface area contributed by atoms with Gasteiger partial charge in [0.1, 0.15) is 0 Å². The molecule has 0 spiro atoms. The summed E-state index contributed by atoms with van der Waals surface area (Å²) in [5, 5.41) is 5.58. The van der Waals surface area contributed by atoms with Crippen LogP contribution in [-0.4, -0.2) is 51.0 Å². The first-order valence-corrected chi connectivity index (χ1v) is 9.46. The zero-order valence-corrected chi connectivity index (χ0v) is 13.0. The Morgan fingerprint density at radius 2 is 2.26 bits per heavy atom. The fourth-order valence-corrected chi connectivity index (χ4v) is 4.36. The number of sulfone groups is 1. The van der Waals surface area contributed by atoms with E-state index in [2.05, 4.69) is 34.7 Å². The quantitative estimate of drug-likeness (QED) is 0.896. The number of thiophene rings is 1. The summed E-state index contributed by atoms with van der Waals surface area (Å²) in [6.07, 6.45) is 0.767. The maximum atomic E-state index is 11.5. The molecule has 1 aromatic rings. The topological polar surface area (TPSA) is 49.4 Å². The fraction of sp³-hybridized carbons (Fsp3) is 0.692. The molecule has 0 bridgehead atoms. The highest BCUT2D eigenvalue weighted by Gasteiger charge is 2.18. The minimum atomic E-state index is -2.79. The molecule has 0 aliphatic carbocycles. The molecule has 6 heteroatoms. The molecule has 1 aliphatic heterocycles. The number of hydrogen-bond donors (Lipinski definition) is 1. The van der Waals surface area contributed by atoms with E-state index in [1.54, 1.807) is 11.3 Å². The largest absolute Gasteiger partial charge is 0.308 e. The highest BCUT2D eigenvalue weighted by atomic mass is 32.2. The highest BCUT2D eigenvalue weighted by molar-refractivity contribution is 7.91. The number of hydrogen-bond acceptors (Lipinski definition) is 5. The Kier molecular flexibility index (Phi) is 5.38. The smallest absolute Gasteiger partial charge is 0.151 e. The summed E-state index contributed by atoms with van der Waals surface area (Å²) >= 11 is 1.76. The van der Waals surface area contributed by atoms with Crippen molar-refractivity contribution in [1.29, 1.82) is 0 Å². The van der Waals surface area contributed by atoms with Crippen LogP contribution in [0.15, 0.2) is 17.5 Å². The van der Waals surface area contributed by atoms with E-state index >= 15 is 0 Å². The van der Waals surface area contributed by atoms with E-state index < -0.39 is 9.84 Å². The van der Waals surface area contributed by atoms with Crippen molar-refractivity contribution in [3.8, 4) is 0 Å². The molecule has 2 heterocycles. The van der Waals surface area contributed by atoms with Gasteiger partial charge >= 0.3 is 0 Å². The van der Waals surface area contributed by atoms with E-state index in [4.69, 9.17) is 0 Å². The maximum Gasteiger partial charge on any atom is 0.151 e. The molecule has 1 fully saturated rings. The predicted octanol–water partition coefficient (Wildman–Crippen LogP) is 1.52. The second-order valence-corrected chi connectivity index (χ2v) is 8.32. The summed E-state index contributed by atoms with van der Waals surface area (Å²) in [5.74, 6) is 0.663. The molecule has 1 aliphatic rings. The first kappa shape index (κ1) is 15.0. The van der Waals surface area contributed by atoms with E-state index in [0.29, 0.717) is 24.1 Å². The van der Waals surface area contributed by atoms with Crippen molar-refractivity contribution in [3.05, 3.63) is 22.4 Å². The van der Waals surface area contributed by atoms with Crippen molar-refractivity contribution < 1.29 is 8.42 Å². The summed E-state index contributed by atoms with van der Waals surface area (Å²) < 4.78 is 23.0. The molecule has 1 atom stereocenters. The number of nitrogens with zero attached hydrogens (tertiary/aromatic N) is 1. The van der Waals surface area contributed by atoms with E-state index in [-0.39, 0.29) is 0 Å². The van der Waals surface area contributed by atoms with E-state index in [1.165, 1.54) is 4.88 Å². The van der Waals surface area contributed by atoms with Gasteiger partial charge in [-0.05, 0) is 31.3 Å². The zero-order valence-electron chi connectivity index (χ0n) is 11.3. The summed E-state index contributed by atoms with van der Waals surface area (Å²) in [6.45, 7) is 5.56. The monoisotopic (exact) mass is 302 g/mol. The van der Waals surface area contributed by atoms with Gasteiger partial charge in [-0.1, -0.05) is 6.07 Å². The van der Waals surface area contributed by atoms with E-state index in [1.807, 2.05) is 0 Å². The third-order valence-corrected chi connectivity index (χ3v) is 6.27. The van der Waals surface area contributed by atoms with Crippen LogP contribution in [0.3, 0.4) is 0 Å². The Labute approximate surface area is 119 Å². The van der Waals surface area contributed by atoms with Gasteiger partial charge in [-0.25, -0.2) is 8.42 Å². The van der Waals surface area contributed by atoms with Crippen LogP contribution < -0.4 is 5.32 Å². The lowest BCUT2D eigenvalue weighted by Crippen LogP contribution is -2.34. The molecular formula is C13H22N2O2S2. The van der Waals surface area contributed by atoms with Gasteiger partial charge in [0.15, 0.2) is 9.84 Å². The molecule has 1 saturated heterocycles. The van der Waals surface area contributed by atoms with Gasteiger partial charge in [0.2, 0.25) is 0 Å². The molecule has 4 nitrogen and oxygen atoms in total. The fourth-order valence-electron chi connectivity index (χ4n) is 2.29. The van der Waals surface area contributed by atoms with Crippen LogP contribution >= 0.6 is 11.3 Å². The molecule has 1 unspecified atom stereocenters. The number of rotatable bonds is 5. The van der Waals surface area contributed by atoms with Gasteiger partial charge in [-0.3, -0.25) is 0 Å². The minimum absolute atomic E-state index is 0.313. The second-order valence-electron chi connectivity index (χ2n) is 5.04. The molecule has 2 rings (SSSR count). The Morgan fingerprint density at radius 3 is 3.00 bits per heavy atom. The van der Waals surface area contributed by atoms with Crippen molar-refractivity contribution in [1.82, 2.24) is 10.2 Å². The van der Waals surface area contributed by atoms with Crippen molar-refractivity contribution in [2.24, 2.45) is 0 Å². The average molecular weight is 302 g/mol. The van der Waals surface area contributed by atoms with Gasteiger partial charge in [-0.15, -0.1) is 11.3 Å². The van der Waals surface area contributed by atoms with Crippen LogP contribution in [0.5, 0.6) is 0 Å². The Morgan fingerprint density at radius 1 is 1.42 bits per heavy atom. The SMILES string of the molecule is CC(NCCN1CCCS(=O)(=O)CC1)c1cccs1. The second kappa shape index (κ2) is 6.83. The number of nitrogens with one attached hydrogen (secondary N) is 1. The normalized spacial score (nSPS) is 21.9. The molecule has 1 N–H and O–H groups in total. The van der Waals surface area contributed by atoms with Crippen LogP contribution in [0.25, 0.3) is 0 Å². The van der Waals surface area contributed by atoms with Gasteiger partial charge in [0.05, 0.1) is 11.5 Å². The van der Waals surface area contributed by atoms with Crippen LogP contribution in [0, 0.1) is 0 Å². The predicted molar refractivity (Wildman–Crippen MR) is 80.4 cm³/mol. The third kappa shape index (κ3) is 4.87. The van der Waals surface area contributed by atoms with Gasteiger partial charge in [0, 0.05) is 30.6 Å². The molecule has 0 amide bonds. The Balaban J connectivity index is 1.71. The highest BCUT2D eigenvalue weighted by Crippen LogP contribution is 2.17. The van der Waals surface area contributed by atoms with Crippen molar-refractivity contribution in [2.75, 3.05) is 37.7 Å². The molecule has 0 aromatic carbocycles. The van der Waals surface area contributed by atoms with Crippen molar-refractivity contribution >= 4 is 21.2 Å². The third-order valence-electron chi connectivity index (χ3n) is 3.50. The van der Waals surface area contributed by atoms with Gasteiger partial charge < -0.3 is 10.2 Å². The maximum absolute atomic E-state index is 11.5. The van der Waals surface area contributed by atoms with Gasteiger partial charge in [0.25, 0.3) is 0 Å². The zero-order chi connectivity index (χ0) is 13.7. The molecule has 19 heavy (non-hydrogen) atoms. The molecule has 1 aromatic heterocycles. The molecule has 0 saturated carbocycles. The first-order valence-electron chi connectivity index (χ1n) is 6.76. The van der Waals surface area contributed by atoms with Gasteiger partial charge in [-0.2, -0.15) is 0 Å². The summed E-state index contributed by atoms with van der Waals surface area (Å²) in [4.78, 5) is 3.59. The minimum Gasteiger partial charge on any atom is -0.308 e. The van der Waals surface area contributed by atoms with Crippen LogP contribution in [-0.2, 0) is 9.84 Å². The molecular weight excluding hydrogens is 280 g/mol.